The Morgan fingerprint density at radius 3 is 2.50 bits per heavy atom. The zero-order chi connectivity index (χ0) is 17.0. The quantitative estimate of drug-likeness (QED) is 0.777. The van der Waals surface area contributed by atoms with E-state index in [4.69, 9.17) is 16.4 Å². The van der Waals surface area contributed by atoms with Crippen molar-refractivity contribution < 1.29 is 14.4 Å². The number of oxime groups is 1. The summed E-state index contributed by atoms with van der Waals surface area (Å²) in [5.41, 5.74) is 2.35. The Balaban J connectivity index is 1.72. The molecule has 7 nitrogen and oxygen atoms in total. The number of imide groups is 1. The molecule has 24 heavy (non-hydrogen) atoms. The topological polar surface area (TPSA) is 76.8 Å². The average Bonchev–Trinajstić information content (AvgIpc) is 3.17. The molecule has 0 N–H and O–H groups in total. The molecule has 2 aromatic rings. The molecule has 0 aliphatic carbocycles. The molecule has 8 heteroatoms. The number of rotatable bonds is 2. The van der Waals surface area contributed by atoms with E-state index in [1.165, 1.54) is 0 Å². The summed E-state index contributed by atoms with van der Waals surface area (Å²) in [7, 11) is 1.78. The van der Waals surface area contributed by atoms with Crippen molar-refractivity contribution in [3.05, 3.63) is 46.7 Å². The van der Waals surface area contributed by atoms with Gasteiger partial charge in [-0.3, -0.25) is 14.3 Å². The van der Waals surface area contributed by atoms with Crippen molar-refractivity contribution in [1.82, 2.24) is 9.78 Å². The van der Waals surface area contributed by atoms with Gasteiger partial charge >= 0.3 is 0 Å². The Morgan fingerprint density at radius 2 is 1.88 bits per heavy atom. The summed E-state index contributed by atoms with van der Waals surface area (Å²) >= 11 is 5.87. The Hall–Kier alpha value is -2.67. The molecule has 4 rings (SSSR count). The number of anilines is 1. The van der Waals surface area contributed by atoms with Gasteiger partial charge in [-0.2, -0.15) is 5.10 Å². The number of fused-ring (bicyclic) bond motifs is 1. The van der Waals surface area contributed by atoms with Gasteiger partial charge in [0.25, 0.3) is 5.91 Å². The maximum Gasteiger partial charge on any atom is 0.278 e. The number of nitrogens with zero attached hydrogens (tertiary/aromatic N) is 4. The van der Waals surface area contributed by atoms with Crippen molar-refractivity contribution in [3.63, 3.8) is 0 Å². The highest BCUT2D eigenvalue weighted by molar-refractivity contribution is 6.33. The number of carbonyl (C=O) groups excluding carboxylic acids is 2. The molecule has 0 bridgehead atoms. The first-order chi connectivity index (χ1) is 11.5. The number of hydrogen-bond donors (Lipinski definition) is 0. The van der Waals surface area contributed by atoms with Crippen LogP contribution in [0.25, 0.3) is 0 Å². The lowest BCUT2D eigenvalue weighted by Crippen LogP contribution is -2.33. The van der Waals surface area contributed by atoms with Gasteiger partial charge in [0.2, 0.25) is 12.0 Å². The van der Waals surface area contributed by atoms with Crippen LogP contribution in [0.3, 0.4) is 0 Å². The monoisotopic (exact) mass is 344 g/mol. The predicted octanol–water partition coefficient (Wildman–Crippen LogP) is 1.67. The predicted molar refractivity (Wildman–Crippen MR) is 86.8 cm³/mol. The summed E-state index contributed by atoms with van der Waals surface area (Å²) < 4.78 is 1.64. The van der Waals surface area contributed by atoms with Gasteiger partial charge in [-0.1, -0.05) is 16.8 Å². The summed E-state index contributed by atoms with van der Waals surface area (Å²) in [6.07, 6.45) is 0.839. The van der Waals surface area contributed by atoms with Crippen LogP contribution in [0.5, 0.6) is 0 Å². The van der Waals surface area contributed by atoms with Crippen molar-refractivity contribution in [2.75, 3.05) is 4.90 Å². The minimum Gasteiger partial charge on any atom is -0.381 e. The number of carbonyl (C=O) groups is 2. The third-order valence-electron chi connectivity index (χ3n) is 4.19. The third kappa shape index (κ3) is 2.05. The van der Waals surface area contributed by atoms with Crippen molar-refractivity contribution >= 4 is 34.8 Å². The largest absolute Gasteiger partial charge is 0.381 e. The van der Waals surface area contributed by atoms with Crippen LogP contribution in [-0.4, -0.2) is 33.4 Å². The summed E-state index contributed by atoms with van der Waals surface area (Å²) in [4.78, 5) is 31.9. The van der Waals surface area contributed by atoms with Crippen molar-refractivity contribution in [2.24, 2.45) is 18.1 Å². The average molecular weight is 345 g/mol. The van der Waals surface area contributed by atoms with Crippen LogP contribution < -0.4 is 4.90 Å². The van der Waals surface area contributed by atoms with E-state index in [0.717, 1.165) is 10.6 Å². The molecule has 2 aliphatic heterocycles. The first-order valence-electron chi connectivity index (χ1n) is 7.35. The molecule has 0 radical (unpaired) electrons. The van der Waals surface area contributed by atoms with Crippen LogP contribution in [0.2, 0.25) is 5.02 Å². The Morgan fingerprint density at radius 1 is 1.17 bits per heavy atom. The molecule has 3 heterocycles. The maximum absolute atomic E-state index is 12.9. The lowest BCUT2D eigenvalue weighted by atomic mass is 9.94. The Labute approximate surface area is 142 Å². The molecule has 1 saturated heterocycles. The number of halogens is 1. The summed E-state index contributed by atoms with van der Waals surface area (Å²) in [5.74, 6) is -1.53. The van der Waals surface area contributed by atoms with Crippen LogP contribution in [0.1, 0.15) is 11.3 Å². The van der Waals surface area contributed by atoms with E-state index in [1.807, 2.05) is 6.92 Å². The van der Waals surface area contributed by atoms with Crippen molar-refractivity contribution in [3.8, 4) is 0 Å². The normalized spacial score (nSPS) is 22.6. The highest BCUT2D eigenvalue weighted by atomic mass is 35.5. The zero-order valence-corrected chi connectivity index (χ0v) is 13.7. The zero-order valence-electron chi connectivity index (χ0n) is 12.9. The second-order valence-corrected chi connectivity index (χ2v) is 6.21. The van der Waals surface area contributed by atoms with E-state index in [0.29, 0.717) is 22.0 Å². The van der Waals surface area contributed by atoms with Crippen LogP contribution >= 0.6 is 11.6 Å². The van der Waals surface area contributed by atoms with Gasteiger partial charge in [-0.25, -0.2) is 4.90 Å². The summed E-state index contributed by atoms with van der Waals surface area (Å²) in [6.45, 7) is 1.82. The fraction of sp³-hybridized carbons (Fsp3) is 0.250. The minimum absolute atomic E-state index is 0.355. The molecule has 122 valence electrons. The van der Waals surface area contributed by atoms with Gasteiger partial charge in [0.05, 0.1) is 11.4 Å². The van der Waals surface area contributed by atoms with Crippen molar-refractivity contribution in [2.45, 2.75) is 13.0 Å². The Bertz CT molecular complexity index is 887. The van der Waals surface area contributed by atoms with Crippen LogP contribution in [-0.2, 0) is 21.5 Å². The van der Waals surface area contributed by atoms with E-state index < -0.39 is 17.9 Å². The fourth-order valence-electron chi connectivity index (χ4n) is 3.10. The number of aryl methyl sites for hydroxylation is 2. The minimum atomic E-state index is -0.928. The van der Waals surface area contributed by atoms with Crippen LogP contribution in [0.4, 0.5) is 5.69 Å². The first-order valence-corrected chi connectivity index (χ1v) is 7.73. The highest BCUT2D eigenvalue weighted by Crippen LogP contribution is 2.35. The van der Waals surface area contributed by atoms with Gasteiger partial charge in [-0.05, 0) is 31.2 Å². The first kappa shape index (κ1) is 14.9. The van der Waals surface area contributed by atoms with Crippen LogP contribution in [0.15, 0.2) is 35.6 Å². The lowest BCUT2D eigenvalue weighted by molar-refractivity contribution is -0.126. The van der Waals surface area contributed by atoms with E-state index in [-0.39, 0.29) is 5.91 Å². The maximum atomic E-state index is 12.9. The van der Waals surface area contributed by atoms with E-state index in [1.54, 1.807) is 42.2 Å². The van der Waals surface area contributed by atoms with Gasteiger partial charge in [0.1, 0.15) is 11.6 Å². The molecule has 0 saturated carbocycles. The van der Waals surface area contributed by atoms with Crippen molar-refractivity contribution in [1.29, 1.82) is 0 Å². The molecular formula is C16H13ClN4O3. The van der Waals surface area contributed by atoms with E-state index in [9.17, 15) is 9.59 Å². The molecular weight excluding hydrogens is 332 g/mol. The Kier molecular flexibility index (Phi) is 3.21. The van der Waals surface area contributed by atoms with Gasteiger partial charge < -0.3 is 4.84 Å². The van der Waals surface area contributed by atoms with E-state index in [2.05, 4.69) is 10.3 Å². The third-order valence-corrected chi connectivity index (χ3v) is 4.44. The molecule has 1 aromatic carbocycles. The molecule has 0 spiro atoms. The summed E-state index contributed by atoms with van der Waals surface area (Å²) in [5, 5.41) is 8.77. The number of benzene rings is 1. The van der Waals surface area contributed by atoms with E-state index >= 15 is 0 Å². The lowest BCUT2D eigenvalue weighted by Gasteiger charge is -2.15. The molecule has 1 aromatic heterocycles. The number of aromatic nitrogens is 2. The standard InChI is InChI=1S/C16H13ClN4O3/c1-8-11(7-20(2)18-8)13-12-14(24-19-13)16(23)21(15(12)22)10-5-3-9(17)4-6-10/h3-7,12,14H,1-2H3. The second kappa shape index (κ2) is 5.17. The van der Waals surface area contributed by atoms with Crippen LogP contribution in [0, 0.1) is 12.8 Å². The number of amides is 2. The number of hydrogen-bond acceptors (Lipinski definition) is 5. The van der Waals surface area contributed by atoms with Gasteiger partial charge in [-0.15, -0.1) is 0 Å². The van der Waals surface area contributed by atoms with Gasteiger partial charge in [0, 0.05) is 23.8 Å². The smallest absolute Gasteiger partial charge is 0.278 e. The van der Waals surface area contributed by atoms with Gasteiger partial charge in [0.15, 0.2) is 0 Å². The second-order valence-electron chi connectivity index (χ2n) is 5.77. The molecule has 2 amide bonds. The molecule has 2 unspecified atom stereocenters. The molecule has 2 atom stereocenters. The SMILES string of the molecule is Cc1nn(C)cc1C1=NOC2C(=O)N(c3ccc(Cl)cc3)C(=O)C12. The molecule has 1 fully saturated rings. The fourth-order valence-corrected chi connectivity index (χ4v) is 3.22. The highest BCUT2D eigenvalue weighted by Gasteiger charge is 2.56. The summed E-state index contributed by atoms with van der Waals surface area (Å²) in [6, 6.07) is 6.52. The molecule has 2 aliphatic rings.